The maximum Gasteiger partial charge on any atom is 0.296 e. The lowest BCUT2D eigenvalue weighted by Gasteiger charge is -2.15. The second kappa shape index (κ2) is 7.54. The van der Waals surface area contributed by atoms with Crippen molar-refractivity contribution in [3.05, 3.63) is 65.7 Å². The number of hydrogen-bond donors (Lipinski definition) is 1. The predicted octanol–water partition coefficient (Wildman–Crippen LogP) is 5.64. The summed E-state index contributed by atoms with van der Waals surface area (Å²) in [6, 6.07) is 16.3. The minimum absolute atomic E-state index is 0.0696. The highest BCUT2D eigenvalue weighted by Crippen LogP contribution is 2.48. The number of nitrogens with zero attached hydrogens (tertiary/aromatic N) is 2. The highest BCUT2D eigenvalue weighted by atomic mass is 32.2. The Labute approximate surface area is 178 Å². The van der Waals surface area contributed by atoms with Crippen LogP contribution < -0.4 is 0 Å². The van der Waals surface area contributed by atoms with E-state index in [-0.39, 0.29) is 10.6 Å². The summed E-state index contributed by atoms with van der Waals surface area (Å²) in [5.41, 5.74) is 5.63. The summed E-state index contributed by atoms with van der Waals surface area (Å²) in [5.74, 6) is 0. The molecule has 0 fully saturated rings. The lowest BCUT2D eigenvalue weighted by atomic mass is 9.93. The molecule has 29 heavy (non-hydrogen) atoms. The molecule has 0 saturated carbocycles. The van der Waals surface area contributed by atoms with Gasteiger partial charge in [-0.3, -0.25) is 4.55 Å². The standard InChI is InChI=1S/C21H12N2O3S3/c24-29(25,26)19-10-17-16-4-2-1-3-14(16)9-18(17)20(21(19)23-12-28)13-5-7-15(8-6-13)22-11-27/h1-8,10H,9H2,(H,24,25,26). The van der Waals surface area contributed by atoms with E-state index in [1.807, 2.05) is 24.3 Å². The summed E-state index contributed by atoms with van der Waals surface area (Å²) in [6.45, 7) is 0. The van der Waals surface area contributed by atoms with Crippen LogP contribution in [-0.2, 0) is 16.5 Å². The smallest absolute Gasteiger partial charge is 0.282 e. The van der Waals surface area contributed by atoms with Gasteiger partial charge in [-0.2, -0.15) is 18.4 Å². The van der Waals surface area contributed by atoms with Gasteiger partial charge in [0.05, 0.1) is 16.0 Å². The quantitative estimate of drug-likeness (QED) is 0.254. The molecule has 0 heterocycles. The first-order chi connectivity index (χ1) is 13.9. The van der Waals surface area contributed by atoms with Gasteiger partial charge in [0.25, 0.3) is 10.1 Å². The van der Waals surface area contributed by atoms with Gasteiger partial charge in [-0.1, -0.05) is 36.4 Å². The van der Waals surface area contributed by atoms with Gasteiger partial charge < -0.3 is 0 Å². The average Bonchev–Trinajstić information content (AvgIpc) is 3.06. The first kappa shape index (κ1) is 19.5. The Hall–Kier alpha value is -2.83. The maximum atomic E-state index is 12.2. The molecule has 0 aliphatic heterocycles. The molecular weight excluding hydrogens is 424 g/mol. The molecule has 0 atom stereocenters. The Morgan fingerprint density at radius 2 is 1.62 bits per heavy atom. The van der Waals surface area contributed by atoms with Crippen LogP contribution in [0.25, 0.3) is 22.3 Å². The zero-order chi connectivity index (χ0) is 20.6. The van der Waals surface area contributed by atoms with E-state index in [2.05, 4.69) is 32.5 Å². The summed E-state index contributed by atoms with van der Waals surface area (Å²) in [4.78, 5) is 7.66. The number of isothiocyanates is 2. The van der Waals surface area contributed by atoms with Crippen LogP contribution in [0.1, 0.15) is 11.1 Å². The van der Waals surface area contributed by atoms with E-state index in [0.29, 0.717) is 23.2 Å². The fourth-order valence-corrected chi connectivity index (χ4v) is 4.51. The fourth-order valence-electron chi connectivity index (χ4n) is 3.66. The highest BCUT2D eigenvalue weighted by molar-refractivity contribution is 7.86. The van der Waals surface area contributed by atoms with Crippen LogP contribution in [0.4, 0.5) is 11.4 Å². The molecule has 1 N–H and O–H groups in total. The van der Waals surface area contributed by atoms with Crippen molar-refractivity contribution < 1.29 is 13.0 Å². The SMILES string of the molecule is O=S(=O)(O)c1cc2c(c(-c3ccc(N=C=S)cc3)c1N=C=S)Cc1ccccc1-2. The average molecular weight is 437 g/mol. The lowest BCUT2D eigenvalue weighted by Crippen LogP contribution is -2.02. The molecule has 0 amide bonds. The monoisotopic (exact) mass is 436 g/mol. The third-order valence-corrected chi connectivity index (χ3v) is 5.86. The van der Waals surface area contributed by atoms with Crippen molar-refractivity contribution in [3.8, 4) is 22.3 Å². The Balaban J connectivity index is 2.10. The number of aliphatic imine (C=N–C) groups is 2. The summed E-state index contributed by atoms with van der Waals surface area (Å²) in [6.07, 6.45) is 0.604. The molecule has 4 rings (SSSR count). The maximum absolute atomic E-state index is 12.2. The fraction of sp³-hybridized carbons (Fsp3) is 0.0476. The first-order valence-corrected chi connectivity index (χ1v) is 10.7. The molecule has 142 valence electrons. The Bertz CT molecular complexity index is 1350. The Morgan fingerprint density at radius 1 is 0.931 bits per heavy atom. The minimum atomic E-state index is -4.55. The Kier molecular flexibility index (Phi) is 5.06. The van der Waals surface area contributed by atoms with E-state index in [9.17, 15) is 13.0 Å². The summed E-state index contributed by atoms with van der Waals surface area (Å²) in [7, 11) is -4.55. The van der Waals surface area contributed by atoms with Crippen LogP contribution in [-0.4, -0.2) is 23.3 Å². The zero-order valence-corrected chi connectivity index (χ0v) is 17.2. The molecule has 0 aromatic heterocycles. The van der Waals surface area contributed by atoms with Gasteiger partial charge in [-0.05, 0) is 76.9 Å². The molecule has 8 heteroatoms. The number of hydrogen-bond acceptors (Lipinski definition) is 6. The van der Waals surface area contributed by atoms with Gasteiger partial charge in [0.15, 0.2) is 0 Å². The van der Waals surface area contributed by atoms with Gasteiger partial charge in [0.2, 0.25) is 0 Å². The first-order valence-electron chi connectivity index (χ1n) is 8.46. The van der Waals surface area contributed by atoms with Gasteiger partial charge in [-0.15, -0.1) is 0 Å². The van der Waals surface area contributed by atoms with Gasteiger partial charge in [0, 0.05) is 5.56 Å². The van der Waals surface area contributed by atoms with Crippen molar-refractivity contribution >= 4 is 56.3 Å². The second-order valence-electron chi connectivity index (χ2n) is 6.39. The third-order valence-electron chi connectivity index (χ3n) is 4.81. The van der Waals surface area contributed by atoms with E-state index in [0.717, 1.165) is 22.3 Å². The van der Waals surface area contributed by atoms with Crippen molar-refractivity contribution in [3.63, 3.8) is 0 Å². The molecule has 3 aromatic carbocycles. The molecule has 0 radical (unpaired) electrons. The molecule has 5 nitrogen and oxygen atoms in total. The number of thiocarbonyl (C=S) groups is 2. The largest absolute Gasteiger partial charge is 0.296 e. The molecule has 0 spiro atoms. The van der Waals surface area contributed by atoms with E-state index in [4.69, 9.17) is 12.2 Å². The molecular formula is C21H12N2O3S3. The van der Waals surface area contributed by atoms with Gasteiger partial charge in [0.1, 0.15) is 10.6 Å². The summed E-state index contributed by atoms with van der Waals surface area (Å²) < 4.78 is 34.2. The van der Waals surface area contributed by atoms with Crippen molar-refractivity contribution in [1.29, 1.82) is 0 Å². The number of rotatable bonds is 4. The molecule has 0 saturated heterocycles. The summed E-state index contributed by atoms with van der Waals surface area (Å²) in [5, 5.41) is 4.55. The zero-order valence-electron chi connectivity index (χ0n) is 14.8. The normalized spacial score (nSPS) is 11.8. The van der Waals surface area contributed by atoms with E-state index in [1.165, 1.54) is 6.07 Å². The molecule has 3 aromatic rings. The second-order valence-corrected chi connectivity index (χ2v) is 8.14. The van der Waals surface area contributed by atoms with Crippen LogP contribution in [0.5, 0.6) is 0 Å². The predicted molar refractivity (Wildman–Crippen MR) is 119 cm³/mol. The van der Waals surface area contributed by atoms with Crippen LogP contribution in [0.2, 0.25) is 0 Å². The van der Waals surface area contributed by atoms with Crippen LogP contribution in [0.3, 0.4) is 0 Å². The summed E-state index contributed by atoms with van der Waals surface area (Å²) >= 11 is 9.38. The van der Waals surface area contributed by atoms with Gasteiger partial charge >= 0.3 is 0 Å². The van der Waals surface area contributed by atoms with Crippen molar-refractivity contribution in [2.45, 2.75) is 11.3 Å². The van der Waals surface area contributed by atoms with E-state index < -0.39 is 10.1 Å². The number of fused-ring (bicyclic) bond motifs is 3. The van der Waals surface area contributed by atoms with E-state index >= 15 is 0 Å². The Morgan fingerprint density at radius 3 is 2.28 bits per heavy atom. The van der Waals surface area contributed by atoms with Crippen LogP contribution in [0, 0.1) is 0 Å². The van der Waals surface area contributed by atoms with Crippen molar-refractivity contribution in [1.82, 2.24) is 0 Å². The van der Waals surface area contributed by atoms with E-state index in [1.54, 1.807) is 24.3 Å². The van der Waals surface area contributed by atoms with Crippen LogP contribution >= 0.6 is 24.4 Å². The van der Waals surface area contributed by atoms with Crippen LogP contribution in [0.15, 0.2) is 69.5 Å². The van der Waals surface area contributed by atoms with Crippen molar-refractivity contribution in [2.24, 2.45) is 9.98 Å². The minimum Gasteiger partial charge on any atom is -0.282 e. The number of benzene rings is 3. The van der Waals surface area contributed by atoms with Gasteiger partial charge in [-0.25, -0.2) is 0 Å². The molecule has 0 unspecified atom stereocenters. The molecule has 1 aliphatic carbocycles. The molecule has 0 bridgehead atoms. The highest BCUT2D eigenvalue weighted by Gasteiger charge is 2.29. The molecule has 1 aliphatic rings. The van der Waals surface area contributed by atoms with Crippen molar-refractivity contribution in [2.75, 3.05) is 0 Å². The topological polar surface area (TPSA) is 79.1 Å². The lowest BCUT2D eigenvalue weighted by molar-refractivity contribution is 0.483. The third kappa shape index (κ3) is 3.50.